The SMILES string of the molecule is Cc1ccc2c(c1)CC(Cn1cccc(C(N)=S)c1=O)O2. The minimum absolute atomic E-state index is 0.0407. The van der Waals surface area contributed by atoms with Crippen molar-refractivity contribution in [2.75, 3.05) is 0 Å². The maximum atomic E-state index is 12.3. The van der Waals surface area contributed by atoms with Gasteiger partial charge in [-0.1, -0.05) is 29.9 Å². The van der Waals surface area contributed by atoms with Gasteiger partial charge in [0.2, 0.25) is 0 Å². The molecule has 4 nitrogen and oxygen atoms in total. The number of benzene rings is 1. The number of ether oxygens (including phenoxy) is 1. The molecule has 0 spiro atoms. The van der Waals surface area contributed by atoms with Gasteiger partial charge in [0.1, 0.15) is 16.8 Å². The van der Waals surface area contributed by atoms with Gasteiger partial charge in [0, 0.05) is 12.6 Å². The molecule has 1 unspecified atom stereocenters. The number of pyridine rings is 1. The van der Waals surface area contributed by atoms with Gasteiger partial charge in [0.15, 0.2) is 0 Å². The molecule has 2 N–H and O–H groups in total. The van der Waals surface area contributed by atoms with Gasteiger partial charge in [0.05, 0.1) is 12.1 Å². The van der Waals surface area contributed by atoms with Crippen LogP contribution in [0.3, 0.4) is 0 Å². The van der Waals surface area contributed by atoms with E-state index in [0.29, 0.717) is 12.1 Å². The molecular formula is C16H16N2O2S. The first-order chi connectivity index (χ1) is 10.0. The summed E-state index contributed by atoms with van der Waals surface area (Å²) in [6.45, 7) is 2.55. The van der Waals surface area contributed by atoms with Crippen LogP contribution >= 0.6 is 12.2 Å². The van der Waals surface area contributed by atoms with Crippen molar-refractivity contribution in [2.24, 2.45) is 5.73 Å². The Morgan fingerprint density at radius 1 is 1.48 bits per heavy atom. The molecule has 1 aromatic carbocycles. The van der Waals surface area contributed by atoms with E-state index < -0.39 is 0 Å². The molecule has 5 heteroatoms. The van der Waals surface area contributed by atoms with E-state index in [9.17, 15) is 4.79 Å². The highest BCUT2D eigenvalue weighted by Gasteiger charge is 2.23. The fraction of sp³-hybridized carbons (Fsp3) is 0.250. The van der Waals surface area contributed by atoms with Crippen molar-refractivity contribution < 1.29 is 4.74 Å². The lowest BCUT2D eigenvalue weighted by Gasteiger charge is -2.13. The van der Waals surface area contributed by atoms with E-state index in [1.807, 2.05) is 12.1 Å². The van der Waals surface area contributed by atoms with E-state index >= 15 is 0 Å². The van der Waals surface area contributed by atoms with Crippen molar-refractivity contribution in [3.05, 3.63) is 63.6 Å². The first-order valence-electron chi connectivity index (χ1n) is 6.80. The van der Waals surface area contributed by atoms with Gasteiger partial charge < -0.3 is 15.0 Å². The molecule has 0 fully saturated rings. The summed E-state index contributed by atoms with van der Waals surface area (Å²) in [4.78, 5) is 12.4. The highest BCUT2D eigenvalue weighted by molar-refractivity contribution is 7.80. The van der Waals surface area contributed by atoms with Crippen molar-refractivity contribution in [1.29, 1.82) is 0 Å². The normalized spacial score (nSPS) is 16.3. The third-order valence-electron chi connectivity index (χ3n) is 3.64. The molecule has 1 aliphatic rings. The molecular weight excluding hydrogens is 284 g/mol. The van der Waals surface area contributed by atoms with Crippen molar-refractivity contribution in [3.8, 4) is 5.75 Å². The smallest absolute Gasteiger partial charge is 0.260 e. The molecule has 0 saturated carbocycles. The van der Waals surface area contributed by atoms with Gasteiger partial charge in [-0.05, 0) is 30.7 Å². The van der Waals surface area contributed by atoms with E-state index in [2.05, 4.69) is 13.0 Å². The van der Waals surface area contributed by atoms with Crippen molar-refractivity contribution in [3.63, 3.8) is 0 Å². The van der Waals surface area contributed by atoms with Crippen LogP contribution in [0, 0.1) is 6.92 Å². The number of aromatic nitrogens is 1. The van der Waals surface area contributed by atoms with Crippen LogP contribution in [-0.2, 0) is 13.0 Å². The number of nitrogens with two attached hydrogens (primary N) is 1. The molecule has 0 aliphatic carbocycles. The number of aryl methyl sites for hydroxylation is 1. The lowest BCUT2D eigenvalue weighted by atomic mass is 10.1. The molecule has 3 rings (SSSR count). The summed E-state index contributed by atoms with van der Waals surface area (Å²) in [5.74, 6) is 0.907. The average molecular weight is 300 g/mol. The quantitative estimate of drug-likeness (QED) is 0.878. The molecule has 0 saturated heterocycles. The predicted octanol–water partition coefficient (Wildman–Crippen LogP) is 1.79. The van der Waals surface area contributed by atoms with Gasteiger partial charge in [0.25, 0.3) is 5.56 Å². The Bertz CT molecular complexity index is 767. The summed E-state index contributed by atoms with van der Waals surface area (Å²) >= 11 is 4.90. The van der Waals surface area contributed by atoms with Crippen LogP contribution in [0.2, 0.25) is 0 Å². The highest BCUT2D eigenvalue weighted by atomic mass is 32.1. The number of hydrogen-bond acceptors (Lipinski definition) is 3. The first kappa shape index (κ1) is 13.8. The Labute approximate surface area is 128 Å². The van der Waals surface area contributed by atoms with Crippen LogP contribution in [0.4, 0.5) is 0 Å². The van der Waals surface area contributed by atoms with E-state index in [0.717, 1.165) is 12.2 Å². The highest BCUT2D eigenvalue weighted by Crippen LogP contribution is 2.29. The standard InChI is InChI=1S/C16H16N2O2S/c1-10-4-5-14-11(7-10)8-12(20-14)9-18-6-2-3-13(15(17)21)16(18)19/h2-7,12H,8-9H2,1H3,(H2,17,21). The summed E-state index contributed by atoms with van der Waals surface area (Å²) in [7, 11) is 0. The topological polar surface area (TPSA) is 57.2 Å². The Morgan fingerprint density at radius 2 is 2.29 bits per heavy atom. The summed E-state index contributed by atoms with van der Waals surface area (Å²) in [6.07, 6.45) is 2.50. The zero-order valence-corrected chi connectivity index (χ0v) is 12.5. The summed E-state index contributed by atoms with van der Waals surface area (Å²) in [5.41, 5.74) is 8.18. The predicted molar refractivity (Wildman–Crippen MR) is 85.9 cm³/mol. The van der Waals surface area contributed by atoms with Gasteiger partial charge in [-0.3, -0.25) is 4.79 Å². The molecule has 0 radical (unpaired) electrons. The second-order valence-electron chi connectivity index (χ2n) is 5.30. The molecule has 0 amide bonds. The van der Waals surface area contributed by atoms with Crippen LogP contribution in [0.15, 0.2) is 41.3 Å². The molecule has 1 aromatic heterocycles. The number of thiocarbonyl (C=S) groups is 1. The van der Waals surface area contributed by atoms with E-state index in [1.165, 1.54) is 11.1 Å². The van der Waals surface area contributed by atoms with Gasteiger partial charge in [-0.15, -0.1) is 0 Å². The average Bonchev–Trinajstić information content (AvgIpc) is 2.82. The van der Waals surface area contributed by atoms with E-state index in [-0.39, 0.29) is 16.7 Å². The molecule has 108 valence electrons. The maximum Gasteiger partial charge on any atom is 0.260 e. The number of fused-ring (bicyclic) bond motifs is 1. The van der Waals surface area contributed by atoms with Crippen molar-refractivity contribution in [2.45, 2.75) is 26.0 Å². The van der Waals surface area contributed by atoms with Crippen LogP contribution in [0.1, 0.15) is 16.7 Å². The van der Waals surface area contributed by atoms with Crippen LogP contribution in [0.25, 0.3) is 0 Å². The maximum absolute atomic E-state index is 12.3. The Morgan fingerprint density at radius 3 is 3.05 bits per heavy atom. The molecule has 1 atom stereocenters. The summed E-state index contributed by atoms with van der Waals surface area (Å²) < 4.78 is 7.51. The second kappa shape index (κ2) is 5.33. The number of nitrogens with zero attached hydrogens (tertiary/aromatic N) is 1. The molecule has 1 aliphatic heterocycles. The lowest BCUT2D eigenvalue weighted by molar-refractivity contribution is 0.207. The fourth-order valence-corrected chi connectivity index (χ4v) is 2.79. The minimum atomic E-state index is -0.166. The molecule has 0 bridgehead atoms. The minimum Gasteiger partial charge on any atom is -0.488 e. The summed E-state index contributed by atoms with van der Waals surface area (Å²) in [6, 6.07) is 9.57. The van der Waals surface area contributed by atoms with Crippen LogP contribution in [-0.4, -0.2) is 15.7 Å². The van der Waals surface area contributed by atoms with E-state index in [4.69, 9.17) is 22.7 Å². The summed E-state index contributed by atoms with van der Waals surface area (Å²) in [5, 5.41) is 0. The lowest BCUT2D eigenvalue weighted by Crippen LogP contribution is -2.33. The van der Waals surface area contributed by atoms with Crippen LogP contribution < -0.4 is 16.0 Å². The third-order valence-corrected chi connectivity index (χ3v) is 3.86. The van der Waals surface area contributed by atoms with E-state index in [1.54, 1.807) is 22.9 Å². The zero-order chi connectivity index (χ0) is 15.0. The van der Waals surface area contributed by atoms with Crippen molar-refractivity contribution >= 4 is 17.2 Å². The Hall–Kier alpha value is -2.14. The van der Waals surface area contributed by atoms with Gasteiger partial charge >= 0.3 is 0 Å². The third kappa shape index (κ3) is 2.69. The largest absolute Gasteiger partial charge is 0.488 e. The van der Waals surface area contributed by atoms with Gasteiger partial charge in [-0.2, -0.15) is 0 Å². The monoisotopic (exact) mass is 300 g/mol. The van der Waals surface area contributed by atoms with Crippen molar-refractivity contribution in [1.82, 2.24) is 4.57 Å². The zero-order valence-electron chi connectivity index (χ0n) is 11.7. The second-order valence-corrected chi connectivity index (χ2v) is 5.74. The van der Waals surface area contributed by atoms with Crippen LogP contribution in [0.5, 0.6) is 5.75 Å². The number of rotatable bonds is 3. The molecule has 2 aromatic rings. The number of hydrogen-bond donors (Lipinski definition) is 1. The Balaban J connectivity index is 1.82. The van der Waals surface area contributed by atoms with Gasteiger partial charge in [-0.25, -0.2) is 0 Å². The molecule has 2 heterocycles. The first-order valence-corrected chi connectivity index (χ1v) is 7.21. The molecule has 21 heavy (non-hydrogen) atoms. The fourth-order valence-electron chi connectivity index (χ4n) is 2.64. The Kier molecular flexibility index (Phi) is 3.51.